The Morgan fingerprint density at radius 3 is 2.61 bits per heavy atom. The number of piperidine rings is 1. The van der Waals surface area contributed by atoms with Crippen molar-refractivity contribution in [2.24, 2.45) is 11.8 Å². The quantitative estimate of drug-likeness (QED) is 0.830. The van der Waals surface area contributed by atoms with Gasteiger partial charge in [-0.25, -0.2) is 8.42 Å². The molecule has 0 amide bonds. The van der Waals surface area contributed by atoms with Crippen LogP contribution in [0, 0.1) is 18.8 Å². The monoisotopic (exact) mass is 336 g/mol. The Hall–Kier alpha value is -0.910. The number of hydrogen-bond acceptors (Lipinski definition) is 3. The summed E-state index contributed by atoms with van der Waals surface area (Å²) < 4.78 is 27.5. The Morgan fingerprint density at radius 2 is 1.96 bits per heavy atom. The van der Waals surface area contributed by atoms with Gasteiger partial charge in [0.1, 0.15) is 0 Å². The highest BCUT2D eigenvalue weighted by Crippen LogP contribution is 2.35. The van der Waals surface area contributed by atoms with E-state index in [9.17, 15) is 8.42 Å². The Morgan fingerprint density at radius 1 is 1.22 bits per heavy atom. The maximum Gasteiger partial charge on any atom is 0.243 e. The van der Waals surface area contributed by atoms with E-state index in [1.807, 2.05) is 25.1 Å². The fourth-order valence-corrected chi connectivity index (χ4v) is 5.57. The maximum atomic E-state index is 12.9. The number of fused-ring (bicyclic) bond motifs is 1. The Bertz CT molecular complexity index is 657. The van der Waals surface area contributed by atoms with E-state index in [4.69, 9.17) is 0 Å². The second-order valence-electron chi connectivity index (χ2n) is 7.42. The predicted molar refractivity (Wildman–Crippen MR) is 92.9 cm³/mol. The molecule has 3 rings (SSSR count). The van der Waals surface area contributed by atoms with Crippen molar-refractivity contribution in [3.8, 4) is 0 Å². The Labute approximate surface area is 140 Å². The van der Waals surface area contributed by atoms with Gasteiger partial charge in [-0.15, -0.1) is 0 Å². The molecule has 2 atom stereocenters. The van der Waals surface area contributed by atoms with Crippen molar-refractivity contribution in [1.29, 1.82) is 0 Å². The number of nitrogens with zero attached hydrogens (tertiary/aromatic N) is 2. The SMILES string of the molecule is Cc1ccccc1S(=O)(=O)N1CC[C@@H]2[C@@H](CN2CCC(C)C)C1. The molecule has 4 nitrogen and oxygen atoms in total. The van der Waals surface area contributed by atoms with Gasteiger partial charge in [-0.3, -0.25) is 4.90 Å². The van der Waals surface area contributed by atoms with Gasteiger partial charge >= 0.3 is 0 Å². The van der Waals surface area contributed by atoms with E-state index in [0.717, 1.165) is 31.0 Å². The molecule has 0 saturated carbocycles. The lowest BCUT2D eigenvalue weighted by Gasteiger charge is -2.53. The molecular weight excluding hydrogens is 308 g/mol. The maximum absolute atomic E-state index is 12.9. The molecule has 0 aromatic heterocycles. The van der Waals surface area contributed by atoms with Crippen molar-refractivity contribution in [2.75, 3.05) is 26.2 Å². The summed E-state index contributed by atoms with van der Waals surface area (Å²) in [5.74, 6) is 1.24. The van der Waals surface area contributed by atoms with Gasteiger partial charge in [-0.2, -0.15) is 4.31 Å². The summed E-state index contributed by atoms with van der Waals surface area (Å²) >= 11 is 0. The van der Waals surface area contributed by atoms with Crippen molar-refractivity contribution in [3.05, 3.63) is 29.8 Å². The van der Waals surface area contributed by atoms with E-state index in [2.05, 4.69) is 18.7 Å². The molecule has 2 aliphatic rings. The minimum atomic E-state index is -3.34. The van der Waals surface area contributed by atoms with Crippen molar-refractivity contribution >= 4 is 10.0 Å². The number of aryl methyl sites for hydroxylation is 1. The van der Waals surface area contributed by atoms with Crippen molar-refractivity contribution in [2.45, 2.75) is 44.6 Å². The van der Waals surface area contributed by atoms with Crippen molar-refractivity contribution in [1.82, 2.24) is 9.21 Å². The lowest BCUT2D eigenvalue weighted by Crippen LogP contribution is -2.64. The minimum absolute atomic E-state index is 0.467. The van der Waals surface area contributed by atoms with Crippen LogP contribution in [-0.4, -0.2) is 49.8 Å². The van der Waals surface area contributed by atoms with Gasteiger partial charge in [-0.05, 0) is 43.9 Å². The molecule has 2 fully saturated rings. The molecular formula is C18H28N2O2S. The van der Waals surface area contributed by atoms with Crippen molar-refractivity contribution < 1.29 is 8.42 Å². The van der Waals surface area contributed by atoms with Crippen molar-refractivity contribution in [3.63, 3.8) is 0 Å². The molecule has 0 unspecified atom stereocenters. The first-order valence-electron chi connectivity index (χ1n) is 8.69. The van der Waals surface area contributed by atoms with E-state index < -0.39 is 10.0 Å². The Kier molecular flexibility index (Phi) is 4.81. The van der Waals surface area contributed by atoms with Gasteiger partial charge in [0.15, 0.2) is 0 Å². The molecule has 0 spiro atoms. The molecule has 2 heterocycles. The summed E-state index contributed by atoms with van der Waals surface area (Å²) in [5.41, 5.74) is 0.835. The highest BCUT2D eigenvalue weighted by molar-refractivity contribution is 7.89. The van der Waals surface area contributed by atoms with Crippen LogP contribution in [0.5, 0.6) is 0 Å². The van der Waals surface area contributed by atoms with Gasteiger partial charge in [-0.1, -0.05) is 32.0 Å². The zero-order chi connectivity index (χ0) is 16.6. The highest BCUT2D eigenvalue weighted by atomic mass is 32.2. The van der Waals surface area contributed by atoms with Gasteiger partial charge in [0, 0.05) is 31.6 Å². The van der Waals surface area contributed by atoms with E-state index >= 15 is 0 Å². The number of benzene rings is 1. The fourth-order valence-electron chi connectivity index (χ4n) is 3.83. The zero-order valence-corrected chi connectivity index (χ0v) is 15.2. The number of hydrogen-bond donors (Lipinski definition) is 0. The van der Waals surface area contributed by atoms with Gasteiger partial charge in [0.2, 0.25) is 10.0 Å². The molecule has 2 saturated heterocycles. The lowest BCUT2D eigenvalue weighted by molar-refractivity contribution is -0.0266. The van der Waals surface area contributed by atoms with Crippen LogP contribution in [-0.2, 0) is 10.0 Å². The second-order valence-corrected chi connectivity index (χ2v) is 9.33. The van der Waals surface area contributed by atoms with Crippen LogP contribution < -0.4 is 0 Å². The molecule has 0 radical (unpaired) electrons. The lowest BCUT2D eigenvalue weighted by atomic mass is 9.83. The molecule has 2 aliphatic heterocycles. The predicted octanol–water partition coefficient (Wildman–Crippen LogP) is 2.74. The van der Waals surface area contributed by atoms with Crippen LogP contribution >= 0.6 is 0 Å². The number of sulfonamides is 1. The van der Waals surface area contributed by atoms with Crippen LogP contribution in [0.15, 0.2) is 29.2 Å². The van der Waals surface area contributed by atoms with E-state index in [0.29, 0.717) is 29.9 Å². The summed E-state index contributed by atoms with van der Waals surface area (Å²) in [7, 11) is -3.34. The van der Waals surface area contributed by atoms with E-state index in [1.165, 1.54) is 6.42 Å². The molecule has 23 heavy (non-hydrogen) atoms. The third-order valence-corrected chi connectivity index (χ3v) is 7.33. The standard InChI is InChI=1S/C18H28N2O2S/c1-14(2)8-10-19-12-16-13-20(11-9-17(16)19)23(21,22)18-7-5-4-6-15(18)3/h4-7,14,16-17H,8-13H2,1-3H3/t16-,17+/m0/s1. The third-order valence-electron chi connectivity index (χ3n) is 5.30. The first kappa shape index (κ1) is 16.9. The zero-order valence-electron chi connectivity index (χ0n) is 14.4. The largest absolute Gasteiger partial charge is 0.300 e. The number of rotatable bonds is 5. The molecule has 0 N–H and O–H groups in total. The normalized spacial score (nSPS) is 26.1. The topological polar surface area (TPSA) is 40.6 Å². The molecule has 0 bridgehead atoms. The van der Waals surface area contributed by atoms with Crippen LogP contribution in [0.1, 0.15) is 32.3 Å². The van der Waals surface area contributed by atoms with Gasteiger partial charge in [0.05, 0.1) is 4.90 Å². The average molecular weight is 337 g/mol. The van der Waals surface area contributed by atoms with Crippen LogP contribution in [0.4, 0.5) is 0 Å². The summed E-state index contributed by atoms with van der Waals surface area (Å²) in [6.07, 6.45) is 2.20. The molecule has 128 valence electrons. The van der Waals surface area contributed by atoms with Gasteiger partial charge < -0.3 is 0 Å². The minimum Gasteiger partial charge on any atom is -0.300 e. The second kappa shape index (κ2) is 6.54. The first-order valence-corrected chi connectivity index (χ1v) is 10.1. The van der Waals surface area contributed by atoms with Crippen LogP contribution in [0.25, 0.3) is 0 Å². The fraction of sp³-hybridized carbons (Fsp3) is 0.667. The smallest absolute Gasteiger partial charge is 0.243 e. The summed E-state index contributed by atoms with van der Waals surface area (Å²) in [6, 6.07) is 7.89. The Balaban J connectivity index is 1.64. The van der Waals surface area contributed by atoms with E-state index in [1.54, 1.807) is 10.4 Å². The van der Waals surface area contributed by atoms with Crippen LogP contribution in [0.2, 0.25) is 0 Å². The summed E-state index contributed by atoms with van der Waals surface area (Å²) in [6.45, 7) is 9.93. The summed E-state index contributed by atoms with van der Waals surface area (Å²) in [4.78, 5) is 3.01. The molecule has 1 aromatic carbocycles. The number of likely N-dealkylation sites (tertiary alicyclic amines) is 1. The molecule has 1 aromatic rings. The van der Waals surface area contributed by atoms with E-state index in [-0.39, 0.29) is 0 Å². The first-order chi connectivity index (χ1) is 10.9. The average Bonchev–Trinajstić information content (AvgIpc) is 2.47. The third kappa shape index (κ3) is 3.32. The highest BCUT2D eigenvalue weighted by Gasteiger charge is 2.44. The van der Waals surface area contributed by atoms with Crippen LogP contribution in [0.3, 0.4) is 0 Å². The van der Waals surface area contributed by atoms with Gasteiger partial charge in [0.25, 0.3) is 0 Å². The molecule has 5 heteroatoms. The molecule has 0 aliphatic carbocycles. The summed E-state index contributed by atoms with van der Waals surface area (Å²) in [5, 5.41) is 0.